The largest absolute Gasteiger partial charge is 0.479 e. The molecule has 67 heavy (non-hydrogen) atoms. The number of rotatable bonds is 17. The molecule has 8 nitrogen and oxygen atoms in total. The topological polar surface area (TPSA) is 140 Å². The molecular formula is C59H52N4O4. The van der Waals surface area contributed by atoms with Gasteiger partial charge in [-0.05, 0) is 68.0 Å². The van der Waals surface area contributed by atoms with Crippen molar-refractivity contribution >= 4 is 17.9 Å². The van der Waals surface area contributed by atoms with E-state index in [4.69, 9.17) is 21.2 Å². The molecule has 0 fully saturated rings. The first-order valence-electron chi connectivity index (χ1n) is 22.6. The zero-order valence-corrected chi connectivity index (χ0v) is 37.0. The summed E-state index contributed by atoms with van der Waals surface area (Å²) in [6, 6.07) is 75.0. The summed E-state index contributed by atoms with van der Waals surface area (Å²) in [6.45, 7) is -0.179. The number of ether oxygens (including phenoxy) is 1. The van der Waals surface area contributed by atoms with Gasteiger partial charge >= 0.3 is 11.9 Å². The minimum atomic E-state index is -2.49. The van der Waals surface area contributed by atoms with Gasteiger partial charge in [0.25, 0.3) is 0 Å². The summed E-state index contributed by atoms with van der Waals surface area (Å²) >= 11 is 0. The molecule has 0 amide bonds. The highest BCUT2D eigenvalue weighted by Crippen LogP contribution is 2.50. The molecule has 0 saturated carbocycles. The first-order valence-corrected chi connectivity index (χ1v) is 22.6. The van der Waals surface area contributed by atoms with E-state index in [-0.39, 0.29) is 31.4 Å². The molecule has 1 aliphatic rings. The maximum absolute atomic E-state index is 16.1. The fourth-order valence-electron chi connectivity index (χ4n) is 10.5. The Labute approximate surface area is 391 Å². The summed E-state index contributed by atoms with van der Waals surface area (Å²) in [5.41, 5.74) is 16.2. The molecule has 8 heteroatoms. The second kappa shape index (κ2) is 19.2. The molecular weight excluding hydrogens is 829 g/mol. The average molecular weight is 881 g/mol. The van der Waals surface area contributed by atoms with Crippen LogP contribution in [0.1, 0.15) is 56.8 Å². The number of carboxylic acid groups (broad SMARTS) is 1. The van der Waals surface area contributed by atoms with Crippen molar-refractivity contribution in [1.29, 1.82) is 0 Å². The van der Waals surface area contributed by atoms with Gasteiger partial charge in [-0.3, -0.25) is 10.3 Å². The minimum Gasteiger partial charge on any atom is -0.479 e. The highest BCUT2D eigenvalue weighted by molar-refractivity contribution is 6.04. The molecule has 9 rings (SSSR count). The molecule has 0 saturated heterocycles. The predicted molar refractivity (Wildman–Crippen MR) is 265 cm³/mol. The number of hydrogen-bond donors (Lipinski definition) is 4. The summed E-state index contributed by atoms with van der Waals surface area (Å²) in [4.78, 5) is 36.0. The number of aliphatic imine (C=N–C) groups is 1. The highest BCUT2D eigenvalue weighted by Gasteiger charge is 2.58. The van der Waals surface area contributed by atoms with E-state index in [1.165, 1.54) is 0 Å². The molecule has 0 bridgehead atoms. The van der Waals surface area contributed by atoms with E-state index in [0.717, 1.165) is 38.9 Å². The van der Waals surface area contributed by atoms with Crippen LogP contribution in [0.4, 0.5) is 0 Å². The summed E-state index contributed by atoms with van der Waals surface area (Å²) < 4.78 is 6.61. The monoisotopic (exact) mass is 880 g/mol. The van der Waals surface area contributed by atoms with Crippen LogP contribution in [0.5, 0.6) is 0 Å². The number of esters is 1. The van der Waals surface area contributed by atoms with E-state index in [1.807, 2.05) is 218 Å². The number of benzene rings is 8. The Morgan fingerprint density at radius 3 is 1.22 bits per heavy atom. The van der Waals surface area contributed by atoms with Gasteiger partial charge in [-0.15, -0.1) is 0 Å². The summed E-state index contributed by atoms with van der Waals surface area (Å²) in [7, 11) is 0. The van der Waals surface area contributed by atoms with E-state index in [9.17, 15) is 5.11 Å². The third kappa shape index (κ3) is 8.17. The van der Waals surface area contributed by atoms with Gasteiger partial charge in [-0.1, -0.05) is 231 Å². The lowest BCUT2D eigenvalue weighted by atomic mass is 9.58. The van der Waals surface area contributed by atoms with Crippen LogP contribution in [0, 0.1) is 5.92 Å². The third-order valence-electron chi connectivity index (χ3n) is 13.4. The Balaban J connectivity index is 1.32. The van der Waals surface area contributed by atoms with Crippen LogP contribution in [-0.4, -0.2) is 41.7 Å². The summed E-state index contributed by atoms with van der Waals surface area (Å²) in [5.74, 6) is -3.72. The Morgan fingerprint density at radius 1 is 0.522 bits per heavy atom. The number of hydrogen-bond acceptors (Lipinski definition) is 5. The lowest BCUT2D eigenvalue weighted by Gasteiger charge is -2.48. The number of aliphatic carboxylic acids is 1. The van der Waals surface area contributed by atoms with E-state index >= 15 is 9.59 Å². The molecule has 0 aliphatic heterocycles. The van der Waals surface area contributed by atoms with Crippen molar-refractivity contribution in [1.82, 2.24) is 5.32 Å². The van der Waals surface area contributed by atoms with E-state index < -0.39 is 34.3 Å². The number of carbonyl (C=O) groups excluding carboxylic acids is 1. The zero-order valence-electron chi connectivity index (χ0n) is 37.0. The van der Waals surface area contributed by atoms with Crippen LogP contribution in [0.15, 0.2) is 236 Å². The molecule has 8 aromatic carbocycles. The van der Waals surface area contributed by atoms with Crippen molar-refractivity contribution in [3.8, 4) is 11.1 Å². The maximum atomic E-state index is 16.1. The predicted octanol–water partition coefficient (Wildman–Crippen LogP) is 10.1. The minimum absolute atomic E-state index is 0.0661. The van der Waals surface area contributed by atoms with Crippen molar-refractivity contribution in [2.75, 3.05) is 13.2 Å². The Morgan fingerprint density at radius 2 is 0.866 bits per heavy atom. The second-order valence-electron chi connectivity index (χ2n) is 17.1. The number of fused-ring (bicyclic) bond motifs is 3. The molecule has 6 N–H and O–H groups in total. The van der Waals surface area contributed by atoms with Gasteiger partial charge in [0.15, 0.2) is 5.96 Å². The van der Waals surface area contributed by atoms with Crippen LogP contribution < -0.4 is 16.8 Å². The fourth-order valence-corrected chi connectivity index (χ4v) is 10.5. The van der Waals surface area contributed by atoms with Gasteiger partial charge < -0.3 is 21.3 Å². The van der Waals surface area contributed by atoms with Gasteiger partial charge in [-0.25, -0.2) is 9.59 Å². The van der Waals surface area contributed by atoms with Gasteiger partial charge in [-0.2, -0.15) is 0 Å². The van der Waals surface area contributed by atoms with Gasteiger partial charge in [0.2, 0.25) is 5.54 Å². The highest BCUT2D eigenvalue weighted by atomic mass is 16.5. The molecule has 0 aromatic heterocycles. The number of nitrogens with zero attached hydrogens (tertiary/aromatic N) is 1. The van der Waals surface area contributed by atoms with Crippen molar-refractivity contribution in [3.63, 3.8) is 0 Å². The lowest BCUT2D eigenvalue weighted by molar-refractivity contribution is -0.166. The smallest absolute Gasteiger partial charge is 0.338 e. The Hall–Kier alpha value is -8.07. The average Bonchev–Trinajstić information content (AvgIpc) is 3.71. The van der Waals surface area contributed by atoms with Crippen molar-refractivity contribution in [2.45, 2.75) is 28.8 Å². The van der Waals surface area contributed by atoms with Crippen molar-refractivity contribution in [3.05, 3.63) is 275 Å². The van der Waals surface area contributed by atoms with Gasteiger partial charge in [0.1, 0.15) is 6.61 Å². The standard InChI is InChI=1S/C59H52N4O4/c60-56(61)62-40-48(58(42-23-7-1-8-24-42,43-25-9-2-10-26-43)44-27-11-3-12-28-44)39-57(54(64)65,55(66)67-41-53-51-37-21-19-35-49(51)50-36-20-22-38-52(50)53)63-59(45-29-13-4-14-30-45,46-31-15-5-16-32-46)47-33-17-6-18-34-47/h1-38,48,53,63H,39-41H2,(H,64,65)(H4,60,61,62)/t48?,57-/m0/s1. The Bertz CT molecular complexity index is 2730. The SMILES string of the molecule is NC(N)=NCC(C[C@](NC(c1ccccc1)(c1ccccc1)c1ccccc1)(C(=O)O)C(=O)OCC1c2ccccc2-c2ccccc21)C(c1ccccc1)(c1ccccc1)c1ccccc1. The Kier molecular flexibility index (Phi) is 12.6. The molecule has 0 heterocycles. The molecule has 0 radical (unpaired) electrons. The van der Waals surface area contributed by atoms with E-state index in [2.05, 4.69) is 17.4 Å². The first-order chi connectivity index (χ1) is 32.8. The lowest BCUT2D eigenvalue weighted by Crippen LogP contribution is -2.67. The fraction of sp³-hybridized carbons (Fsp3) is 0.136. The zero-order chi connectivity index (χ0) is 46.3. The normalized spacial score (nSPS) is 13.6. The van der Waals surface area contributed by atoms with Crippen LogP contribution in [0.3, 0.4) is 0 Å². The summed E-state index contributed by atoms with van der Waals surface area (Å²) in [6.07, 6.45) is -0.345. The number of nitrogens with two attached hydrogens (primary N) is 2. The molecule has 2 atom stereocenters. The number of carboxylic acids is 1. The molecule has 0 spiro atoms. The summed E-state index contributed by atoms with van der Waals surface area (Å²) in [5, 5.41) is 16.1. The van der Waals surface area contributed by atoms with Gasteiger partial charge in [0.05, 0.1) is 5.54 Å². The molecule has 1 unspecified atom stereocenters. The van der Waals surface area contributed by atoms with Crippen LogP contribution in [-0.2, 0) is 25.3 Å². The number of guanidine groups is 1. The maximum Gasteiger partial charge on any atom is 0.338 e. The molecule has 1 aliphatic carbocycles. The van der Waals surface area contributed by atoms with Crippen LogP contribution in [0.25, 0.3) is 11.1 Å². The van der Waals surface area contributed by atoms with E-state index in [0.29, 0.717) is 16.7 Å². The van der Waals surface area contributed by atoms with Crippen molar-refractivity contribution < 1.29 is 19.4 Å². The van der Waals surface area contributed by atoms with Gasteiger partial charge in [0, 0.05) is 17.9 Å². The number of carbonyl (C=O) groups is 2. The van der Waals surface area contributed by atoms with Crippen LogP contribution in [0.2, 0.25) is 0 Å². The molecule has 332 valence electrons. The van der Waals surface area contributed by atoms with Crippen molar-refractivity contribution in [2.24, 2.45) is 22.4 Å². The van der Waals surface area contributed by atoms with E-state index in [1.54, 1.807) is 0 Å². The quantitative estimate of drug-likeness (QED) is 0.0235. The number of nitrogens with one attached hydrogen (secondary N) is 1. The van der Waals surface area contributed by atoms with Crippen LogP contribution >= 0.6 is 0 Å². The second-order valence-corrected chi connectivity index (χ2v) is 17.1. The third-order valence-corrected chi connectivity index (χ3v) is 13.4. The first kappa shape index (κ1) is 44.1. The molecule has 8 aromatic rings.